The van der Waals surface area contributed by atoms with Crippen molar-refractivity contribution < 1.29 is 43.3 Å². The average molecular weight is 667 g/mol. The van der Waals surface area contributed by atoms with E-state index < -0.39 is 36.0 Å². The lowest BCUT2D eigenvalue weighted by Crippen LogP contribution is -2.56. The van der Waals surface area contributed by atoms with Crippen LogP contribution < -0.4 is 15.4 Å². The molecule has 15 heteroatoms. The first-order valence-corrected chi connectivity index (χ1v) is 16.4. The molecule has 48 heavy (non-hydrogen) atoms. The predicted octanol–water partition coefficient (Wildman–Crippen LogP) is 1.46. The molecule has 2 atom stereocenters. The fourth-order valence-electron chi connectivity index (χ4n) is 5.93. The molecule has 5 rings (SSSR count). The van der Waals surface area contributed by atoms with Crippen molar-refractivity contribution in [3.63, 3.8) is 0 Å². The van der Waals surface area contributed by atoms with Crippen LogP contribution in [0.3, 0.4) is 0 Å². The number of piperazine rings is 1. The van der Waals surface area contributed by atoms with Gasteiger partial charge in [0.05, 0.1) is 12.1 Å². The highest BCUT2D eigenvalue weighted by atomic mass is 16.6. The third kappa shape index (κ3) is 8.49. The second kappa shape index (κ2) is 15.3. The van der Waals surface area contributed by atoms with Crippen molar-refractivity contribution in [3.8, 4) is 5.75 Å². The molecule has 1 aliphatic carbocycles. The molecular weight excluding hydrogens is 624 g/mol. The lowest BCUT2D eigenvalue weighted by molar-refractivity contribution is -0.140. The Hall–Kier alpha value is -4.95. The number of hydrogen-bond acceptors (Lipinski definition) is 9. The molecule has 3 heterocycles. The third-order valence-corrected chi connectivity index (χ3v) is 8.68. The molecule has 0 radical (unpaired) electrons. The zero-order chi connectivity index (χ0) is 34.4. The highest BCUT2D eigenvalue weighted by Gasteiger charge is 2.37. The van der Waals surface area contributed by atoms with E-state index in [2.05, 4.69) is 15.6 Å². The van der Waals surface area contributed by atoms with Gasteiger partial charge in [0.1, 0.15) is 23.5 Å². The summed E-state index contributed by atoms with van der Waals surface area (Å²) in [5.74, 6) is -2.61. The van der Waals surface area contributed by atoms with E-state index in [0.29, 0.717) is 30.3 Å². The molecule has 3 aliphatic rings. The van der Waals surface area contributed by atoms with Crippen LogP contribution in [0.4, 0.5) is 4.79 Å². The molecule has 0 unspecified atom stereocenters. The first kappa shape index (κ1) is 34.4. The molecule has 1 saturated carbocycles. The van der Waals surface area contributed by atoms with Gasteiger partial charge >= 0.3 is 12.1 Å². The normalized spacial score (nSPS) is 18.3. The summed E-state index contributed by atoms with van der Waals surface area (Å²) in [5.41, 5.74) is 1.21. The van der Waals surface area contributed by atoms with Crippen LogP contribution >= 0.6 is 0 Å². The van der Waals surface area contributed by atoms with Gasteiger partial charge in [-0.05, 0) is 63.6 Å². The van der Waals surface area contributed by atoms with Crippen molar-refractivity contribution in [2.24, 2.45) is 0 Å². The van der Waals surface area contributed by atoms with Gasteiger partial charge in [0.25, 0.3) is 11.8 Å². The SMILES string of the molecule is CCOC(=O)N1CCN(C(=O)[C@H](CCC(=O)O)NC(=O)c2cc(OCC(=O)N3CCC[C@H]3C(=O)NC3CC3)c3ccc(C)cc3n2)CC1. The Morgan fingerprint density at radius 1 is 1.00 bits per heavy atom. The lowest BCUT2D eigenvalue weighted by atomic mass is 10.1. The summed E-state index contributed by atoms with van der Waals surface area (Å²) in [6.45, 7) is 4.72. The molecule has 3 fully saturated rings. The number of nitrogens with one attached hydrogen (secondary N) is 2. The van der Waals surface area contributed by atoms with Crippen LogP contribution in [0.1, 0.15) is 61.5 Å². The Bertz CT molecular complexity index is 1570. The molecule has 2 saturated heterocycles. The Morgan fingerprint density at radius 3 is 2.42 bits per heavy atom. The van der Waals surface area contributed by atoms with Gasteiger partial charge in [-0.25, -0.2) is 9.78 Å². The number of rotatable bonds is 12. The number of aromatic nitrogens is 1. The summed E-state index contributed by atoms with van der Waals surface area (Å²) >= 11 is 0. The fraction of sp³-hybridized carbons (Fsp3) is 0.545. The van der Waals surface area contributed by atoms with Gasteiger partial charge in [-0.15, -0.1) is 0 Å². The smallest absolute Gasteiger partial charge is 0.409 e. The number of pyridine rings is 1. The van der Waals surface area contributed by atoms with E-state index in [1.807, 2.05) is 13.0 Å². The van der Waals surface area contributed by atoms with Crippen LogP contribution in [-0.2, 0) is 23.9 Å². The van der Waals surface area contributed by atoms with Gasteiger partial charge in [0.2, 0.25) is 11.8 Å². The highest BCUT2D eigenvalue weighted by molar-refractivity contribution is 5.99. The number of hydrogen-bond donors (Lipinski definition) is 3. The number of ether oxygens (including phenoxy) is 2. The van der Waals surface area contributed by atoms with Gasteiger partial charge in [0.15, 0.2) is 6.61 Å². The monoisotopic (exact) mass is 666 g/mol. The topological polar surface area (TPSA) is 188 Å². The van der Waals surface area contributed by atoms with Crippen molar-refractivity contribution in [2.75, 3.05) is 45.9 Å². The number of carbonyl (C=O) groups is 6. The van der Waals surface area contributed by atoms with Crippen molar-refractivity contribution in [2.45, 2.75) is 70.5 Å². The lowest BCUT2D eigenvalue weighted by Gasteiger charge is -2.35. The number of aryl methyl sites for hydroxylation is 1. The largest absolute Gasteiger partial charge is 0.483 e. The number of amides is 5. The molecule has 3 N–H and O–H groups in total. The number of nitrogens with zero attached hydrogens (tertiary/aromatic N) is 4. The van der Waals surface area contributed by atoms with Gasteiger partial charge in [-0.1, -0.05) is 6.07 Å². The Kier molecular flexibility index (Phi) is 11.0. The van der Waals surface area contributed by atoms with Crippen LogP contribution in [-0.4, -0.2) is 125 Å². The number of benzene rings is 1. The molecule has 1 aromatic carbocycles. The highest BCUT2D eigenvalue weighted by Crippen LogP contribution is 2.28. The van der Waals surface area contributed by atoms with Gasteiger partial charge in [0, 0.05) is 56.6 Å². The molecule has 5 amide bonds. The van der Waals surface area contributed by atoms with Crippen LogP contribution in [0.25, 0.3) is 10.9 Å². The molecular formula is C33H42N6O9. The van der Waals surface area contributed by atoms with Crippen LogP contribution in [0.5, 0.6) is 5.75 Å². The maximum atomic E-state index is 13.6. The standard InChI is InChI=1S/C33H42N6O9/c1-3-47-33(46)38-15-13-37(14-16-38)32(45)23(10-11-29(41)42)36-30(43)25-18-27(22-9-6-20(2)17-24(22)35-25)48-19-28(40)39-12-4-5-26(39)31(44)34-21-7-8-21/h6,9,17-18,21,23,26H,3-5,7-8,10-16,19H2,1-2H3,(H,34,44)(H,36,43)(H,41,42)/t23-,26-/m0/s1. The Balaban J connectivity index is 1.30. The van der Waals surface area contributed by atoms with Gasteiger partial charge in [-0.3, -0.25) is 24.0 Å². The Labute approximate surface area is 277 Å². The maximum Gasteiger partial charge on any atom is 0.409 e. The van der Waals surface area contributed by atoms with E-state index in [1.165, 1.54) is 20.8 Å². The second-order valence-corrected chi connectivity index (χ2v) is 12.3. The fourth-order valence-corrected chi connectivity index (χ4v) is 5.93. The molecule has 2 aromatic rings. The minimum Gasteiger partial charge on any atom is -0.483 e. The predicted molar refractivity (Wildman–Crippen MR) is 171 cm³/mol. The van der Waals surface area contributed by atoms with Crippen LogP contribution in [0.2, 0.25) is 0 Å². The first-order chi connectivity index (χ1) is 23.0. The molecule has 258 valence electrons. The van der Waals surface area contributed by atoms with E-state index >= 15 is 0 Å². The number of aliphatic carboxylic acids is 1. The minimum absolute atomic E-state index is 0.0846. The van der Waals surface area contributed by atoms with E-state index in [9.17, 15) is 33.9 Å². The Morgan fingerprint density at radius 2 is 1.73 bits per heavy atom. The van der Waals surface area contributed by atoms with E-state index in [4.69, 9.17) is 9.47 Å². The zero-order valence-corrected chi connectivity index (χ0v) is 27.2. The van der Waals surface area contributed by atoms with Crippen molar-refractivity contribution >= 4 is 46.6 Å². The average Bonchev–Trinajstić information content (AvgIpc) is 3.74. The number of likely N-dealkylation sites (tertiary alicyclic amines) is 1. The zero-order valence-electron chi connectivity index (χ0n) is 27.2. The van der Waals surface area contributed by atoms with Gasteiger partial charge < -0.3 is 39.9 Å². The van der Waals surface area contributed by atoms with E-state index in [0.717, 1.165) is 18.4 Å². The molecule has 1 aromatic heterocycles. The number of carboxylic acids is 1. The summed E-state index contributed by atoms with van der Waals surface area (Å²) in [6, 6.07) is 5.23. The van der Waals surface area contributed by atoms with Crippen LogP contribution in [0, 0.1) is 6.92 Å². The number of fused-ring (bicyclic) bond motifs is 1. The van der Waals surface area contributed by atoms with Crippen molar-refractivity contribution in [1.82, 2.24) is 30.3 Å². The van der Waals surface area contributed by atoms with Crippen molar-refractivity contribution in [3.05, 3.63) is 35.5 Å². The summed E-state index contributed by atoms with van der Waals surface area (Å²) in [4.78, 5) is 85.6. The molecule has 0 spiro atoms. The molecule has 0 bridgehead atoms. The quantitative estimate of drug-likeness (QED) is 0.299. The summed E-state index contributed by atoms with van der Waals surface area (Å²) in [7, 11) is 0. The number of carbonyl (C=O) groups excluding carboxylic acids is 5. The second-order valence-electron chi connectivity index (χ2n) is 12.3. The van der Waals surface area contributed by atoms with E-state index in [1.54, 1.807) is 19.1 Å². The maximum absolute atomic E-state index is 13.6. The molecule has 2 aliphatic heterocycles. The third-order valence-electron chi connectivity index (χ3n) is 8.68. The first-order valence-electron chi connectivity index (χ1n) is 16.4. The van der Waals surface area contributed by atoms with Gasteiger partial charge in [-0.2, -0.15) is 0 Å². The molecule has 15 nitrogen and oxygen atoms in total. The summed E-state index contributed by atoms with van der Waals surface area (Å²) in [6.07, 6.45) is 2.18. The van der Waals surface area contributed by atoms with Crippen LogP contribution in [0.15, 0.2) is 24.3 Å². The minimum atomic E-state index is -1.17. The van der Waals surface area contributed by atoms with Crippen molar-refractivity contribution in [1.29, 1.82) is 0 Å². The summed E-state index contributed by atoms with van der Waals surface area (Å²) in [5, 5.41) is 15.5. The summed E-state index contributed by atoms with van der Waals surface area (Å²) < 4.78 is 11.0. The number of carboxylic acid groups (broad SMARTS) is 1. The van der Waals surface area contributed by atoms with E-state index in [-0.39, 0.29) is 81.5 Å².